The number of aromatic nitrogens is 2. The quantitative estimate of drug-likeness (QED) is 0.922. The second kappa shape index (κ2) is 5.70. The zero-order valence-electron chi connectivity index (χ0n) is 12.8. The minimum atomic E-state index is 0.180. The summed E-state index contributed by atoms with van der Waals surface area (Å²) in [6.45, 7) is 7.45. The van der Waals surface area contributed by atoms with Gasteiger partial charge >= 0.3 is 0 Å². The minimum Gasteiger partial charge on any atom is -0.314 e. The van der Waals surface area contributed by atoms with Crippen LogP contribution in [-0.2, 0) is 19.0 Å². The Labute approximate surface area is 129 Å². The molecule has 0 amide bonds. The normalized spacial score (nSPS) is 11.9. The van der Waals surface area contributed by atoms with Crippen molar-refractivity contribution in [1.82, 2.24) is 15.1 Å². The van der Waals surface area contributed by atoms with Crippen LogP contribution in [-0.4, -0.2) is 16.8 Å². The smallest absolute Gasteiger partial charge is 0.0910 e. The monoisotopic (exact) mass is 335 g/mol. The summed E-state index contributed by atoms with van der Waals surface area (Å²) >= 11 is 3.67. The summed E-state index contributed by atoms with van der Waals surface area (Å²) in [7, 11) is 3.91. The molecule has 4 heteroatoms. The number of nitrogens with zero attached hydrogens (tertiary/aromatic N) is 2. The molecule has 0 radical (unpaired) electrons. The van der Waals surface area contributed by atoms with Gasteiger partial charge in [-0.15, -0.1) is 0 Å². The third-order valence-corrected chi connectivity index (χ3v) is 4.26. The van der Waals surface area contributed by atoms with Gasteiger partial charge in [0, 0.05) is 19.2 Å². The van der Waals surface area contributed by atoms with Crippen molar-refractivity contribution < 1.29 is 0 Å². The van der Waals surface area contributed by atoms with Gasteiger partial charge in [0.25, 0.3) is 0 Å². The van der Waals surface area contributed by atoms with Crippen LogP contribution in [0, 0.1) is 0 Å². The molecule has 0 bridgehead atoms. The fraction of sp³-hybridized carbons (Fsp3) is 0.438. The Balaban J connectivity index is 2.42. The zero-order valence-corrected chi connectivity index (χ0v) is 14.4. The molecule has 0 fully saturated rings. The van der Waals surface area contributed by atoms with Crippen molar-refractivity contribution in [2.75, 3.05) is 7.05 Å². The van der Waals surface area contributed by atoms with E-state index >= 15 is 0 Å². The summed E-state index contributed by atoms with van der Waals surface area (Å²) in [5.41, 5.74) is 4.86. The number of aryl methyl sites for hydroxylation is 1. The summed E-state index contributed by atoms with van der Waals surface area (Å²) in [5, 5.41) is 7.69. The Morgan fingerprint density at radius 2 is 1.80 bits per heavy atom. The first kappa shape index (κ1) is 15.3. The van der Waals surface area contributed by atoms with Gasteiger partial charge < -0.3 is 5.32 Å². The van der Waals surface area contributed by atoms with Crippen LogP contribution in [0.1, 0.15) is 32.0 Å². The first-order valence-corrected chi connectivity index (χ1v) is 7.60. The van der Waals surface area contributed by atoms with E-state index in [1.54, 1.807) is 0 Å². The first-order valence-electron chi connectivity index (χ1n) is 6.81. The lowest BCUT2D eigenvalue weighted by Crippen LogP contribution is -2.10. The summed E-state index contributed by atoms with van der Waals surface area (Å²) in [6, 6.07) is 8.75. The average molecular weight is 336 g/mol. The molecule has 0 unspecified atom stereocenters. The third kappa shape index (κ3) is 2.96. The second-order valence-electron chi connectivity index (χ2n) is 6.09. The topological polar surface area (TPSA) is 29.9 Å². The van der Waals surface area contributed by atoms with E-state index in [0.29, 0.717) is 0 Å². The van der Waals surface area contributed by atoms with E-state index in [0.717, 1.165) is 22.4 Å². The maximum Gasteiger partial charge on any atom is 0.0910 e. The van der Waals surface area contributed by atoms with E-state index in [9.17, 15) is 0 Å². The molecule has 0 aliphatic heterocycles. The van der Waals surface area contributed by atoms with Crippen LogP contribution in [0.5, 0.6) is 0 Å². The largest absolute Gasteiger partial charge is 0.314 e. The van der Waals surface area contributed by atoms with E-state index in [4.69, 9.17) is 0 Å². The molecule has 0 saturated heterocycles. The molecule has 0 spiro atoms. The van der Waals surface area contributed by atoms with Crippen LogP contribution in [0.2, 0.25) is 0 Å². The van der Waals surface area contributed by atoms with Crippen molar-refractivity contribution in [3.8, 4) is 11.3 Å². The van der Waals surface area contributed by atoms with Gasteiger partial charge in [0.15, 0.2) is 0 Å². The van der Waals surface area contributed by atoms with Crippen molar-refractivity contribution >= 4 is 15.9 Å². The standard InChI is InChI=1S/C16H22BrN3/c1-16(2,3)12-8-6-11(7-9-12)15-14(17)13(10-18-4)19-20(15)5/h6-9,18H,10H2,1-5H3. The van der Waals surface area contributed by atoms with Crippen LogP contribution in [0.3, 0.4) is 0 Å². The Hall–Kier alpha value is -1.13. The number of halogens is 1. The van der Waals surface area contributed by atoms with E-state index in [1.165, 1.54) is 11.1 Å². The van der Waals surface area contributed by atoms with Crippen LogP contribution >= 0.6 is 15.9 Å². The molecule has 108 valence electrons. The maximum atomic E-state index is 4.55. The summed E-state index contributed by atoms with van der Waals surface area (Å²) in [4.78, 5) is 0. The van der Waals surface area contributed by atoms with Gasteiger partial charge in [0.2, 0.25) is 0 Å². The third-order valence-electron chi connectivity index (χ3n) is 3.42. The predicted molar refractivity (Wildman–Crippen MR) is 87.8 cm³/mol. The zero-order chi connectivity index (χ0) is 14.9. The molecule has 1 aromatic carbocycles. The van der Waals surface area contributed by atoms with E-state index in [-0.39, 0.29) is 5.41 Å². The highest BCUT2D eigenvalue weighted by atomic mass is 79.9. The lowest BCUT2D eigenvalue weighted by atomic mass is 9.86. The van der Waals surface area contributed by atoms with Crippen molar-refractivity contribution in [1.29, 1.82) is 0 Å². The Bertz CT molecular complexity index is 591. The molecular weight excluding hydrogens is 314 g/mol. The summed E-state index contributed by atoms with van der Waals surface area (Å²) in [6.07, 6.45) is 0. The number of nitrogens with one attached hydrogen (secondary N) is 1. The highest BCUT2D eigenvalue weighted by molar-refractivity contribution is 9.10. The molecule has 1 N–H and O–H groups in total. The summed E-state index contributed by atoms with van der Waals surface area (Å²) in [5.74, 6) is 0. The maximum absolute atomic E-state index is 4.55. The molecule has 1 aromatic heterocycles. The Morgan fingerprint density at radius 1 is 1.20 bits per heavy atom. The van der Waals surface area contributed by atoms with Gasteiger partial charge in [-0.1, -0.05) is 45.0 Å². The molecule has 2 rings (SSSR count). The molecule has 0 aliphatic carbocycles. The van der Waals surface area contributed by atoms with Crippen LogP contribution in [0.25, 0.3) is 11.3 Å². The molecule has 1 heterocycles. The lowest BCUT2D eigenvalue weighted by Gasteiger charge is -2.19. The number of hydrogen-bond donors (Lipinski definition) is 1. The van der Waals surface area contributed by atoms with Crippen molar-refractivity contribution in [2.45, 2.75) is 32.7 Å². The van der Waals surface area contributed by atoms with Gasteiger partial charge in [0.1, 0.15) is 0 Å². The van der Waals surface area contributed by atoms with Gasteiger partial charge in [-0.2, -0.15) is 5.10 Å². The van der Waals surface area contributed by atoms with Gasteiger partial charge in [-0.25, -0.2) is 0 Å². The Morgan fingerprint density at radius 3 is 2.30 bits per heavy atom. The van der Waals surface area contributed by atoms with E-state index in [2.05, 4.69) is 71.4 Å². The van der Waals surface area contributed by atoms with E-state index < -0.39 is 0 Å². The summed E-state index contributed by atoms with van der Waals surface area (Å²) < 4.78 is 3.00. The SMILES string of the molecule is CNCc1nn(C)c(-c2ccc(C(C)(C)C)cc2)c1Br. The molecule has 3 nitrogen and oxygen atoms in total. The van der Waals surface area contributed by atoms with Crippen LogP contribution < -0.4 is 5.32 Å². The van der Waals surface area contributed by atoms with E-state index in [1.807, 2.05) is 18.8 Å². The molecule has 0 saturated carbocycles. The van der Waals surface area contributed by atoms with Crippen molar-refractivity contribution in [2.24, 2.45) is 7.05 Å². The number of benzene rings is 1. The molecule has 2 aromatic rings. The van der Waals surface area contributed by atoms with Crippen LogP contribution in [0.4, 0.5) is 0 Å². The van der Waals surface area contributed by atoms with Crippen molar-refractivity contribution in [3.05, 3.63) is 40.0 Å². The average Bonchev–Trinajstić information content (AvgIpc) is 2.64. The number of hydrogen-bond acceptors (Lipinski definition) is 2. The van der Waals surface area contributed by atoms with Gasteiger partial charge in [-0.3, -0.25) is 4.68 Å². The molecular formula is C16H22BrN3. The highest BCUT2D eigenvalue weighted by Gasteiger charge is 2.17. The highest BCUT2D eigenvalue weighted by Crippen LogP contribution is 2.32. The minimum absolute atomic E-state index is 0.180. The first-order chi connectivity index (χ1) is 9.34. The second-order valence-corrected chi connectivity index (χ2v) is 6.88. The van der Waals surface area contributed by atoms with Crippen LogP contribution in [0.15, 0.2) is 28.7 Å². The van der Waals surface area contributed by atoms with Gasteiger partial charge in [0.05, 0.1) is 15.9 Å². The molecule has 20 heavy (non-hydrogen) atoms. The predicted octanol–water partition coefficient (Wildman–Crippen LogP) is 3.87. The molecule has 0 aliphatic rings. The molecule has 0 atom stereocenters. The fourth-order valence-electron chi connectivity index (χ4n) is 2.28. The van der Waals surface area contributed by atoms with Crippen molar-refractivity contribution in [3.63, 3.8) is 0 Å². The van der Waals surface area contributed by atoms with Gasteiger partial charge in [-0.05, 0) is 34.0 Å². The fourth-order valence-corrected chi connectivity index (χ4v) is 2.98. The lowest BCUT2D eigenvalue weighted by molar-refractivity contribution is 0.590. The number of rotatable bonds is 3. The Kier molecular flexibility index (Phi) is 4.35.